The highest BCUT2D eigenvalue weighted by atomic mass is 16.5. The molecule has 0 aromatic carbocycles. The van der Waals surface area contributed by atoms with Crippen LogP contribution in [0.3, 0.4) is 0 Å². The number of carbonyl (C=O) groups is 1. The lowest BCUT2D eigenvalue weighted by Gasteiger charge is -2.65. The molecule has 3 aliphatic rings. The van der Waals surface area contributed by atoms with Crippen LogP contribution in [0.2, 0.25) is 0 Å². The molecular weight excluding hydrogens is 434 g/mol. The van der Waals surface area contributed by atoms with Gasteiger partial charge in [-0.3, -0.25) is 9.78 Å². The Morgan fingerprint density at radius 2 is 1.97 bits per heavy atom. The Morgan fingerprint density at radius 1 is 1.21 bits per heavy atom. The Labute approximate surface area is 199 Å². The third-order valence-electron chi connectivity index (χ3n) is 8.93. The number of nitrogens with zero attached hydrogens (tertiary/aromatic N) is 1. The van der Waals surface area contributed by atoms with Crippen LogP contribution in [-0.4, -0.2) is 27.8 Å². The maximum absolute atomic E-state index is 13.1. The molecule has 0 unspecified atom stereocenters. The van der Waals surface area contributed by atoms with Crippen LogP contribution in [0.25, 0.3) is 11.3 Å². The number of aliphatic hydroxyl groups excluding tert-OH is 1. The molecule has 1 aliphatic heterocycles. The first-order chi connectivity index (χ1) is 16.0. The number of ether oxygens (including phenoxy) is 2. The molecule has 182 valence electrons. The molecule has 0 radical (unpaired) electrons. The lowest BCUT2D eigenvalue weighted by atomic mass is 9.43. The highest BCUT2D eigenvalue weighted by Gasteiger charge is 2.65. The first-order valence-corrected chi connectivity index (χ1v) is 12.1. The van der Waals surface area contributed by atoms with Crippen molar-refractivity contribution in [2.24, 2.45) is 22.7 Å². The van der Waals surface area contributed by atoms with Gasteiger partial charge in [-0.2, -0.15) is 0 Å². The monoisotopic (exact) mass is 467 g/mol. The van der Waals surface area contributed by atoms with Gasteiger partial charge in [0.1, 0.15) is 28.8 Å². The van der Waals surface area contributed by atoms with Crippen molar-refractivity contribution in [1.82, 2.24) is 4.98 Å². The van der Waals surface area contributed by atoms with Gasteiger partial charge in [-0.25, -0.2) is 4.79 Å². The molecule has 7 heteroatoms. The summed E-state index contributed by atoms with van der Waals surface area (Å²) >= 11 is 0. The van der Waals surface area contributed by atoms with E-state index in [0.29, 0.717) is 23.5 Å². The van der Waals surface area contributed by atoms with Crippen molar-refractivity contribution in [1.29, 1.82) is 0 Å². The Morgan fingerprint density at radius 3 is 2.65 bits per heavy atom. The third kappa shape index (κ3) is 3.31. The van der Waals surface area contributed by atoms with Crippen molar-refractivity contribution in [3.63, 3.8) is 0 Å². The van der Waals surface area contributed by atoms with Crippen molar-refractivity contribution in [3.05, 3.63) is 46.6 Å². The lowest BCUT2D eigenvalue weighted by molar-refractivity contribution is -0.227. The van der Waals surface area contributed by atoms with E-state index in [2.05, 4.69) is 32.7 Å². The Kier molecular flexibility index (Phi) is 5.21. The smallest absolute Gasteiger partial charge is 0.345 e. The summed E-state index contributed by atoms with van der Waals surface area (Å²) in [4.78, 5) is 29.0. The van der Waals surface area contributed by atoms with Gasteiger partial charge >= 0.3 is 11.6 Å². The molecular formula is C27H33NO6. The minimum Gasteiger partial charge on any atom is -0.486 e. The van der Waals surface area contributed by atoms with Crippen molar-refractivity contribution < 1.29 is 23.8 Å². The molecule has 2 aromatic rings. The molecule has 2 fully saturated rings. The average Bonchev–Trinajstić information content (AvgIpc) is 2.75. The molecule has 2 saturated carbocycles. The van der Waals surface area contributed by atoms with Crippen molar-refractivity contribution in [2.75, 3.05) is 0 Å². The summed E-state index contributed by atoms with van der Waals surface area (Å²) in [7, 11) is 0. The predicted molar refractivity (Wildman–Crippen MR) is 125 cm³/mol. The van der Waals surface area contributed by atoms with E-state index in [9.17, 15) is 14.7 Å². The molecule has 7 nitrogen and oxygen atoms in total. The highest BCUT2D eigenvalue weighted by Crippen LogP contribution is 2.66. The zero-order valence-corrected chi connectivity index (χ0v) is 20.5. The molecule has 2 aromatic heterocycles. The normalized spacial score (nSPS) is 35.8. The van der Waals surface area contributed by atoms with Crippen LogP contribution in [0.15, 0.2) is 39.8 Å². The standard InChI is InChI=1S/C27H33NO6/c1-15(29)32-20-9-10-26(4)19(25(20,2)3)8-11-27(5)23(26)22(30)21-18(34-27)13-17(33-24(21)31)16-7-6-12-28-14-16/h6-7,12-14,19-20,22-23,30H,8-11H2,1-5H3/t19-,20-,22-,23+,26-,27+/m1/s1. The van der Waals surface area contributed by atoms with E-state index in [-0.39, 0.29) is 40.3 Å². The second kappa shape index (κ2) is 7.67. The van der Waals surface area contributed by atoms with Crippen LogP contribution < -0.4 is 10.4 Å². The summed E-state index contributed by atoms with van der Waals surface area (Å²) < 4.78 is 17.9. The van der Waals surface area contributed by atoms with Gasteiger partial charge in [0.05, 0.1) is 6.10 Å². The predicted octanol–water partition coefficient (Wildman–Crippen LogP) is 4.67. The summed E-state index contributed by atoms with van der Waals surface area (Å²) in [6, 6.07) is 5.30. The van der Waals surface area contributed by atoms with E-state index in [1.807, 2.05) is 6.07 Å². The first kappa shape index (κ1) is 23.1. The van der Waals surface area contributed by atoms with E-state index in [1.165, 1.54) is 6.92 Å². The molecule has 34 heavy (non-hydrogen) atoms. The molecule has 0 bridgehead atoms. The maximum atomic E-state index is 13.1. The Hall–Kier alpha value is -2.67. The van der Waals surface area contributed by atoms with Gasteiger partial charge in [-0.05, 0) is 56.1 Å². The van der Waals surface area contributed by atoms with E-state index in [0.717, 1.165) is 19.3 Å². The zero-order chi connectivity index (χ0) is 24.5. The number of rotatable bonds is 2. The number of esters is 1. The molecule has 3 heterocycles. The molecule has 6 atom stereocenters. The van der Waals surface area contributed by atoms with Gasteiger partial charge in [0.15, 0.2) is 0 Å². The second-order valence-corrected chi connectivity index (χ2v) is 11.3. The molecule has 0 saturated heterocycles. The van der Waals surface area contributed by atoms with Gasteiger partial charge in [0.25, 0.3) is 0 Å². The second-order valence-electron chi connectivity index (χ2n) is 11.3. The number of pyridine rings is 1. The van der Waals surface area contributed by atoms with E-state index in [4.69, 9.17) is 13.9 Å². The van der Waals surface area contributed by atoms with Gasteiger partial charge in [0.2, 0.25) is 0 Å². The van der Waals surface area contributed by atoms with Crippen LogP contribution >= 0.6 is 0 Å². The Balaban J connectivity index is 1.57. The number of aromatic nitrogens is 1. The Bertz CT molecular complexity index is 1170. The molecule has 0 amide bonds. The topological polar surface area (TPSA) is 98.9 Å². The summed E-state index contributed by atoms with van der Waals surface area (Å²) in [5, 5.41) is 11.7. The van der Waals surface area contributed by atoms with Crippen LogP contribution in [0.5, 0.6) is 5.75 Å². The average molecular weight is 468 g/mol. The van der Waals surface area contributed by atoms with E-state index < -0.39 is 17.3 Å². The van der Waals surface area contributed by atoms with Gasteiger partial charge in [0, 0.05) is 42.3 Å². The van der Waals surface area contributed by atoms with Crippen LogP contribution in [0, 0.1) is 22.7 Å². The quantitative estimate of drug-likeness (QED) is 0.641. The highest BCUT2D eigenvalue weighted by molar-refractivity contribution is 5.66. The number of aliphatic hydroxyl groups is 1. The summed E-state index contributed by atoms with van der Waals surface area (Å²) in [6.45, 7) is 10.0. The lowest BCUT2D eigenvalue weighted by Crippen LogP contribution is -2.65. The van der Waals surface area contributed by atoms with Crippen LogP contribution in [0.1, 0.15) is 72.0 Å². The number of fused-ring (bicyclic) bond motifs is 4. The minimum absolute atomic E-state index is 0.173. The fourth-order valence-corrected chi connectivity index (χ4v) is 7.54. The van der Waals surface area contributed by atoms with E-state index in [1.54, 1.807) is 24.5 Å². The third-order valence-corrected chi connectivity index (χ3v) is 8.93. The summed E-state index contributed by atoms with van der Waals surface area (Å²) in [6.07, 6.45) is 5.19. The van der Waals surface area contributed by atoms with E-state index >= 15 is 0 Å². The first-order valence-electron chi connectivity index (χ1n) is 12.1. The number of hydrogen-bond acceptors (Lipinski definition) is 7. The van der Waals surface area contributed by atoms with Gasteiger partial charge < -0.3 is 19.0 Å². The van der Waals surface area contributed by atoms with Crippen LogP contribution in [0.4, 0.5) is 0 Å². The van der Waals surface area contributed by atoms with Crippen molar-refractivity contribution >= 4 is 5.97 Å². The molecule has 2 aliphatic carbocycles. The number of hydrogen-bond donors (Lipinski definition) is 1. The van der Waals surface area contributed by atoms with Crippen LogP contribution in [-0.2, 0) is 9.53 Å². The summed E-state index contributed by atoms with van der Waals surface area (Å²) in [5.41, 5.74) is -0.925. The minimum atomic E-state index is -1.01. The fourth-order valence-electron chi connectivity index (χ4n) is 7.54. The largest absolute Gasteiger partial charge is 0.486 e. The molecule has 0 spiro atoms. The molecule has 5 rings (SSSR count). The van der Waals surface area contributed by atoms with Crippen molar-refractivity contribution in [2.45, 2.75) is 78.1 Å². The maximum Gasteiger partial charge on any atom is 0.345 e. The number of carbonyl (C=O) groups excluding carboxylic acids is 1. The van der Waals surface area contributed by atoms with Crippen molar-refractivity contribution in [3.8, 4) is 17.1 Å². The zero-order valence-electron chi connectivity index (χ0n) is 20.5. The summed E-state index contributed by atoms with van der Waals surface area (Å²) in [5.74, 6) is 0.387. The van der Waals surface area contributed by atoms with Gasteiger partial charge in [-0.15, -0.1) is 0 Å². The van der Waals surface area contributed by atoms with Gasteiger partial charge in [-0.1, -0.05) is 20.8 Å². The fraction of sp³-hybridized carbons (Fsp3) is 0.593. The molecule has 1 N–H and O–H groups in total. The SMILES string of the molecule is CC(=O)O[C@@H]1CC[C@]2(C)[C@H](CC[C@]3(C)Oc4cc(-c5cccnc5)oc(=O)c4[C@@H](O)[C@@H]23)C1(C)C.